The first kappa shape index (κ1) is 30.6. The van der Waals surface area contributed by atoms with E-state index in [9.17, 15) is 4.79 Å². The summed E-state index contributed by atoms with van der Waals surface area (Å²) >= 11 is 0. The number of ether oxygens (including phenoxy) is 4. The van der Waals surface area contributed by atoms with Crippen LogP contribution in [0, 0.1) is 0 Å². The number of fused-ring (bicyclic) bond motifs is 1. The Morgan fingerprint density at radius 1 is 0.956 bits per heavy atom. The number of H-pyrrole nitrogens is 1. The second-order valence-corrected chi connectivity index (χ2v) is 11.9. The van der Waals surface area contributed by atoms with Gasteiger partial charge in [0.05, 0.1) is 45.6 Å². The number of imidazole rings is 1. The number of nitrogens with one attached hydrogen (secondary N) is 2. The van der Waals surface area contributed by atoms with Crippen LogP contribution < -0.4 is 24.3 Å². The molecule has 2 aliphatic heterocycles. The first-order valence-electron chi connectivity index (χ1n) is 15.7. The Balaban J connectivity index is 1.23. The summed E-state index contributed by atoms with van der Waals surface area (Å²) in [5.74, 6) is 2.98. The van der Waals surface area contributed by atoms with E-state index in [4.69, 9.17) is 23.9 Å². The van der Waals surface area contributed by atoms with E-state index in [2.05, 4.69) is 33.4 Å². The van der Waals surface area contributed by atoms with Crippen LogP contribution in [0.1, 0.15) is 48.0 Å². The molecule has 3 heterocycles. The van der Waals surface area contributed by atoms with Gasteiger partial charge in [0, 0.05) is 37.2 Å². The summed E-state index contributed by atoms with van der Waals surface area (Å²) in [5, 5.41) is 3.69. The number of methoxy groups -OCH3 is 4. The van der Waals surface area contributed by atoms with Gasteiger partial charge in [0.1, 0.15) is 5.75 Å². The van der Waals surface area contributed by atoms with E-state index in [1.54, 1.807) is 40.6 Å². The van der Waals surface area contributed by atoms with Crippen molar-refractivity contribution < 1.29 is 23.7 Å². The Morgan fingerprint density at radius 3 is 2.40 bits per heavy atom. The van der Waals surface area contributed by atoms with E-state index < -0.39 is 0 Å². The minimum absolute atomic E-state index is 0.0490. The fourth-order valence-corrected chi connectivity index (χ4v) is 6.92. The van der Waals surface area contributed by atoms with E-state index in [1.807, 2.05) is 35.2 Å². The number of carbonyl (C=O) groups excluding carboxylic acids is 1. The number of anilines is 1. The molecule has 0 aliphatic carbocycles. The monoisotopic (exact) mass is 613 g/mol. The van der Waals surface area contributed by atoms with E-state index >= 15 is 0 Å². The molecular weight excluding hydrogens is 570 g/mol. The van der Waals surface area contributed by atoms with Crippen molar-refractivity contribution in [1.29, 1.82) is 0 Å². The van der Waals surface area contributed by atoms with Crippen LogP contribution in [0.3, 0.4) is 0 Å². The van der Waals surface area contributed by atoms with Crippen LogP contribution >= 0.6 is 0 Å². The highest BCUT2D eigenvalue weighted by Gasteiger charge is 2.42. The number of para-hydroxylation sites is 2. The predicted octanol–water partition coefficient (Wildman–Crippen LogP) is 5.70. The van der Waals surface area contributed by atoms with E-state index in [0.29, 0.717) is 35.9 Å². The van der Waals surface area contributed by atoms with E-state index in [0.717, 1.165) is 55.1 Å². The normalized spacial score (nSPS) is 20.3. The quantitative estimate of drug-likeness (QED) is 0.222. The summed E-state index contributed by atoms with van der Waals surface area (Å²) in [5.41, 5.74) is 3.53. The number of aromatic nitrogens is 2. The highest BCUT2D eigenvalue weighted by atomic mass is 16.5. The highest BCUT2D eigenvalue weighted by molar-refractivity contribution is 5.96. The van der Waals surface area contributed by atoms with Crippen molar-refractivity contribution in [1.82, 2.24) is 19.8 Å². The maximum absolute atomic E-state index is 14.0. The van der Waals surface area contributed by atoms with Crippen LogP contribution in [0.4, 0.5) is 5.95 Å². The fourth-order valence-electron chi connectivity index (χ4n) is 6.92. The van der Waals surface area contributed by atoms with Crippen molar-refractivity contribution in [2.75, 3.05) is 59.9 Å². The number of hydrogen-bond donors (Lipinski definition) is 2. The lowest BCUT2D eigenvalue weighted by molar-refractivity contribution is 0.0777. The van der Waals surface area contributed by atoms with Crippen molar-refractivity contribution in [3.63, 3.8) is 0 Å². The highest BCUT2D eigenvalue weighted by Crippen LogP contribution is 2.42. The summed E-state index contributed by atoms with van der Waals surface area (Å²) in [6, 6.07) is 19.9. The number of carbonyl (C=O) groups is 1. The lowest BCUT2D eigenvalue weighted by Crippen LogP contribution is -2.47. The molecule has 0 spiro atoms. The number of rotatable bonds is 11. The standard InChI is InChI=1S/C35H43N5O5/c1-42-26-14-12-25(13-15-26)35(17-20-40(23-35)33(41)24-21-29(43-2)32(45-4)30(22-24)44-3)16-19-39-18-8-7-11-31(39)38-34-36-27-9-5-6-10-28(27)37-34/h5-6,9-10,12-15,21-22,31H,7-8,11,16-20,23H2,1-4H3,(H2,36,37,38). The minimum atomic E-state index is -0.204. The summed E-state index contributed by atoms with van der Waals surface area (Å²) in [7, 11) is 6.37. The molecule has 3 aromatic carbocycles. The number of benzene rings is 3. The average molecular weight is 614 g/mol. The van der Waals surface area contributed by atoms with Crippen LogP contribution in [0.5, 0.6) is 23.0 Å². The van der Waals surface area contributed by atoms with Crippen LogP contribution in [-0.2, 0) is 5.41 Å². The number of aromatic amines is 1. The molecule has 4 aromatic rings. The Labute approximate surface area is 264 Å². The van der Waals surface area contributed by atoms with Gasteiger partial charge in [-0.2, -0.15) is 0 Å². The summed E-state index contributed by atoms with van der Waals surface area (Å²) in [4.78, 5) is 26.7. The van der Waals surface area contributed by atoms with Gasteiger partial charge in [-0.15, -0.1) is 0 Å². The van der Waals surface area contributed by atoms with Crippen LogP contribution in [0.25, 0.3) is 11.0 Å². The number of piperidine rings is 1. The van der Waals surface area contributed by atoms with Gasteiger partial charge >= 0.3 is 0 Å². The Bertz CT molecular complexity index is 1560. The molecule has 2 N–H and O–H groups in total. The zero-order valence-electron chi connectivity index (χ0n) is 26.6. The molecule has 10 nitrogen and oxygen atoms in total. The first-order valence-corrected chi connectivity index (χ1v) is 15.7. The molecule has 1 aromatic heterocycles. The molecule has 2 saturated heterocycles. The first-order chi connectivity index (χ1) is 22.0. The molecule has 10 heteroatoms. The number of nitrogens with zero attached hydrogens (tertiary/aromatic N) is 3. The lowest BCUT2D eigenvalue weighted by atomic mass is 9.76. The third-order valence-electron chi connectivity index (χ3n) is 9.44. The van der Waals surface area contributed by atoms with Gasteiger partial charge in [-0.05, 0) is 74.1 Å². The summed E-state index contributed by atoms with van der Waals surface area (Å²) in [6.45, 7) is 3.19. The van der Waals surface area contributed by atoms with Crippen LogP contribution in [0.2, 0.25) is 0 Å². The van der Waals surface area contributed by atoms with Gasteiger partial charge in [0.25, 0.3) is 5.91 Å². The van der Waals surface area contributed by atoms with Crippen molar-refractivity contribution in [2.45, 2.75) is 43.7 Å². The molecule has 2 aliphatic rings. The Morgan fingerprint density at radius 2 is 1.71 bits per heavy atom. The van der Waals surface area contributed by atoms with Crippen molar-refractivity contribution in [3.05, 3.63) is 71.8 Å². The maximum atomic E-state index is 14.0. The topological polar surface area (TPSA) is 101 Å². The molecule has 2 unspecified atom stereocenters. The number of amides is 1. The van der Waals surface area contributed by atoms with Gasteiger partial charge in [-0.25, -0.2) is 4.98 Å². The second-order valence-electron chi connectivity index (χ2n) is 11.9. The lowest BCUT2D eigenvalue weighted by Gasteiger charge is -2.39. The molecule has 2 fully saturated rings. The molecule has 2 atom stereocenters. The molecule has 45 heavy (non-hydrogen) atoms. The number of likely N-dealkylation sites (tertiary alicyclic amines) is 2. The molecular formula is C35H43N5O5. The number of hydrogen-bond acceptors (Lipinski definition) is 8. The van der Waals surface area contributed by atoms with Crippen LogP contribution in [0.15, 0.2) is 60.7 Å². The zero-order valence-corrected chi connectivity index (χ0v) is 26.6. The zero-order chi connectivity index (χ0) is 31.4. The van der Waals surface area contributed by atoms with Crippen molar-refractivity contribution in [2.24, 2.45) is 0 Å². The van der Waals surface area contributed by atoms with Crippen LogP contribution in [-0.4, -0.2) is 86.5 Å². The van der Waals surface area contributed by atoms with Crippen molar-refractivity contribution in [3.8, 4) is 23.0 Å². The van der Waals surface area contributed by atoms with E-state index in [1.165, 1.54) is 18.4 Å². The van der Waals surface area contributed by atoms with Gasteiger partial charge < -0.3 is 34.1 Å². The maximum Gasteiger partial charge on any atom is 0.254 e. The molecule has 0 bridgehead atoms. The van der Waals surface area contributed by atoms with Crippen molar-refractivity contribution >= 4 is 22.9 Å². The molecule has 1 amide bonds. The molecule has 0 radical (unpaired) electrons. The minimum Gasteiger partial charge on any atom is -0.497 e. The summed E-state index contributed by atoms with van der Waals surface area (Å²) < 4.78 is 22.0. The average Bonchev–Trinajstić information content (AvgIpc) is 3.71. The third-order valence-corrected chi connectivity index (χ3v) is 9.44. The third kappa shape index (κ3) is 6.24. The molecule has 6 rings (SSSR count). The predicted molar refractivity (Wildman–Crippen MR) is 175 cm³/mol. The smallest absolute Gasteiger partial charge is 0.254 e. The van der Waals surface area contributed by atoms with E-state index in [-0.39, 0.29) is 17.5 Å². The largest absolute Gasteiger partial charge is 0.497 e. The Kier molecular flexibility index (Phi) is 9.02. The fraction of sp³-hybridized carbons (Fsp3) is 0.429. The van der Waals surface area contributed by atoms with Gasteiger partial charge in [0.2, 0.25) is 11.7 Å². The second kappa shape index (κ2) is 13.3. The van der Waals surface area contributed by atoms with Gasteiger partial charge in [0.15, 0.2) is 11.5 Å². The Hall–Kier alpha value is -4.44. The SMILES string of the molecule is COc1ccc(C2(CCN3CCCCC3Nc3nc4ccccc4[nH]3)CCN(C(=O)c3cc(OC)c(OC)c(OC)c3)C2)cc1. The van der Waals surface area contributed by atoms with Gasteiger partial charge in [-0.1, -0.05) is 24.3 Å². The molecule has 0 saturated carbocycles. The molecule has 238 valence electrons. The van der Waals surface area contributed by atoms with Gasteiger partial charge in [-0.3, -0.25) is 9.69 Å². The summed E-state index contributed by atoms with van der Waals surface area (Å²) in [6.07, 6.45) is 5.36.